The first-order valence-corrected chi connectivity index (χ1v) is 9.98. The topological polar surface area (TPSA) is 126 Å². The van der Waals surface area contributed by atoms with Crippen LogP contribution in [0.3, 0.4) is 0 Å². The molecule has 0 aliphatic rings. The van der Waals surface area contributed by atoms with Crippen LogP contribution in [0.5, 0.6) is 11.5 Å². The van der Waals surface area contributed by atoms with Crippen molar-refractivity contribution in [2.45, 2.75) is 0 Å². The summed E-state index contributed by atoms with van der Waals surface area (Å²) in [5, 5.41) is 23.4. The van der Waals surface area contributed by atoms with Crippen molar-refractivity contribution in [3.8, 4) is 11.5 Å². The molecule has 0 fully saturated rings. The second-order valence-electron chi connectivity index (χ2n) is 7.14. The number of amides is 2. The number of methoxy groups -OCH3 is 1. The predicted molar refractivity (Wildman–Crippen MR) is 126 cm³/mol. The quantitative estimate of drug-likeness (QED) is 0.351. The molecule has 4 aromatic rings. The summed E-state index contributed by atoms with van der Waals surface area (Å²) < 4.78 is 5.12. The van der Waals surface area contributed by atoms with E-state index in [1.165, 1.54) is 12.1 Å². The predicted octanol–water partition coefficient (Wildman–Crippen LogP) is 5.32. The van der Waals surface area contributed by atoms with E-state index in [9.17, 15) is 14.7 Å². The molecule has 8 nitrogen and oxygen atoms in total. The Morgan fingerprint density at radius 2 is 1.64 bits per heavy atom. The summed E-state index contributed by atoms with van der Waals surface area (Å²) in [6, 6.07) is 21.9. The van der Waals surface area contributed by atoms with Crippen molar-refractivity contribution in [2.75, 3.05) is 12.4 Å². The van der Waals surface area contributed by atoms with Crippen molar-refractivity contribution < 1.29 is 19.4 Å². The lowest BCUT2D eigenvalue weighted by Crippen LogP contribution is -2.12. The summed E-state index contributed by atoms with van der Waals surface area (Å²) in [6.45, 7) is 0. The van der Waals surface area contributed by atoms with E-state index in [4.69, 9.17) is 10.5 Å². The zero-order valence-corrected chi connectivity index (χ0v) is 17.6. The van der Waals surface area contributed by atoms with Gasteiger partial charge >= 0.3 is 0 Å². The fraction of sp³-hybridized carbons (Fsp3) is 0.0400. The van der Waals surface area contributed by atoms with Gasteiger partial charge in [-0.3, -0.25) is 9.59 Å². The van der Waals surface area contributed by atoms with Crippen LogP contribution < -0.4 is 15.8 Å². The zero-order valence-electron chi connectivity index (χ0n) is 17.6. The number of nitrogens with zero attached hydrogens (tertiary/aromatic N) is 2. The highest BCUT2D eigenvalue weighted by atomic mass is 16.5. The number of nitrogens with one attached hydrogen (secondary N) is 1. The molecule has 4 rings (SSSR count). The summed E-state index contributed by atoms with van der Waals surface area (Å²) in [4.78, 5) is 24.2. The molecule has 0 saturated carbocycles. The van der Waals surface area contributed by atoms with Gasteiger partial charge in [0.15, 0.2) is 5.75 Å². The molecule has 2 amide bonds. The third-order valence-electron chi connectivity index (χ3n) is 5.00. The molecule has 0 heterocycles. The highest BCUT2D eigenvalue weighted by Gasteiger charge is 2.18. The van der Waals surface area contributed by atoms with Gasteiger partial charge in [-0.2, -0.15) is 5.11 Å². The number of carbonyl (C=O) groups excluding carboxylic acids is 2. The number of azo groups is 1. The molecule has 0 bridgehead atoms. The van der Waals surface area contributed by atoms with Gasteiger partial charge in [-0.25, -0.2) is 0 Å². The van der Waals surface area contributed by atoms with E-state index in [1.807, 2.05) is 12.1 Å². The monoisotopic (exact) mass is 440 g/mol. The maximum absolute atomic E-state index is 12.9. The molecule has 33 heavy (non-hydrogen) atoms. The molecule has 0 radical (unpaired) electrons. The van der Waals surface area contributed by atoms with Crippen LogP contribution in [0.2, 0.25) is 0 Å². The average molecular weight is 440 g/mol. The average Bonchev–Trinajstić information content (AvgIpc) is 2.83. The van der Waals surface area contributed by atoms with E-state index in [-0.39, 0.29) is 17.0 Å². The number of anilines is 1. The molecule has 0 aliphatic carbocycles. The first-order chi connectivity index (χ1) is 16.0. The second-order valence-corrected chi connectivity index (χ2v) is 7.14. The van der Waals surface area contributed by atoms with Crippen molar-refractivity contribution in [1.82, 2.24) is 0 Å². The molecule has 0 saturated heterocycles. The van der Waals surface area contributed by atoms with Gasteiger partial charge in [0, 0.05) is 16.6 Å². The van der Waals surface area contributed by atoms with E-state index in [1.54, 1.807) is 61.7 Å². The summed E-state index contributed by atoms with van der Waals surface area (Å²) in [5.41, 5.74) is 6.82. The highest BCUT2D eigenvalue weighted by molar-refractivity contribution is 6.11. The lowest BCUT2D eigenvalue weighted by molar-refractivity contribution is 0.0997. The first kappa shape index (κ1) is 21.5. The maximum atomic E-state index is 12.9. The largest absolute Gasteiger partial charge is 0.505 e. The second kappa shape index (κ2) is 9.19. The summed E-state index contributed by atoms with van der Waals surface area (Å²) >= 11 is 0. The fourth-order valence-corrected chi connectivity index (χ4v) is 3.26. The molecule has 0 unspecified atom stereocenters. The number of rotatable bonds is 6. The number of hydrogen-bond acceptors (Lipinski definition) is 6. The number of carbonyl (C=O) groups is 2. The van der Waals surface area contributed by atoms with Crippen LogP contribution in [0.4, 0.5) is 17.1 Å². The molecular weight excluding hydrogens is 420 g/mol. The van der Waals surface area contributed by atoms with E-state index < -0.39 is 11.8 Å². The standard InChI is InChI=1S/C25H20N4O4/c1-33-19-12-10-17(11-13-19)27-25(32)21-14-16-4-2-3-5-20(16)22(23(21)30)29-28-18-8-6-15(7-9-18)24(26)31/h2-14,30H,1H3,(H2,26,31)(H,27,32). The summed E-state index contributed by atoms with van der Waals surface area (Å²) in [5.74, 6) is -0.672. The number of hydrogen-bond donors (Lipinski definition) is 3. The number of ether oxygens (including phenoxy) is 1. The molecule has 4 N–H and O–H groups in total. The summed E-state index contributed by atoms with van der Waals surface area (Å²) in [6.07, 6.45) is 0. The van der Waals surface area contributed by atoms with Crippen molar-refractivity contribution in [2.24, 2.45) is 16.0 Å². The number of phenols is 1. The van der Waals surface area contributed by atoms with Crippen LogP contribution in [0.1, 0.15) is 20.7 Å². The number of nitrogens with two attached hydrogens (primary N) is 1. The Bertz CT molecular complexity index is 1360. The third kappa shape index (κ3) is 4.64. The molecule has 4 aromatic carbocycles. The Kier molecular flexibility index (Phi) is 5.99. The van der Waals surface area contributed by atoms with Gasteiger partial charge in [0.2, 0.25) is 5.91 Å². The van der Waals surface area contributed by atoms with Crippen molar-refractivity contribution >= 4 is 39.6 Å². The highest BCUT2D eigenvalue weighted by Crippen LogP contribution is 2.39. The molecule has 0 spiro atoms. The first-order valence-electron chi connectivity index (χ1n) is 9.98. The molecule has 0 aromatic heterocycles. The van der Waals surface area contributed by atoms with E-state index in [0.29, 0.717) is 33.5 Å². The third-order valence-corrected chi connectivity index (χ3v) is 5.00. The Morgan fingerprint density at radius 3 is 2.30 bits per heavy atom. The lowest BCUT2D eigenvalue weighted by Gasteiger charge is -2.11. The van der Waals surface area contributed by atoms with E-state index in [2.05, 4.69) is 15.5 Å². The Hall–Kier alpha value is -4.72. The number of phenolic OH excluding ortho intramolecular Hbond substituents is 1. The Labute approximate surface area is 189 Å². The zero-order chi connectivity index (χ0) is 23.4. The smallest absolute Gasteiger partial charge is 0.259 e. The van der Waals surface area contributed by atoms with Crippen LogP contribution in [0, 0.1) is 0 Å². The lowest BCUT2D eigenvalue weighted by atomic mass is 10.0. The minimum absolute atomic E-state index is 0.0579. The Morgan fingerprint density at radius 1 is 0.939 bits per heavy atom. The number of aromatic hydroxyl groups is 1. The van der Waals surface area contributed by atoms with Crippen LogP contribution in [-0.4, -0.2) is 24.0 Å². The van der Waals surface area contributed by atoms with Crippen LogP contribution in [-0.2, 0) is 0 Å². The van der Waals surface area contributed by atoms with Gasteiger partial charge in [0.05, 0.1) is 18.4 Å². The SMILES string of the molecule is COc1ccc(NC(=O)c2cc3ccccc3c(N=Nc3ccc(C(N)=O)cc3)c2O)cc1. The van der Waals surface area contributed by atoms with Crippen LogP contribution in [0.25, 0.3) is 10.8 Å². The molecular formula is C25H20N4O4. The van der Waals surface area contributed by atoms with Crippen molar-refractivity contribution in [3.63, 3.8) is 0 Å². The molecule has 164 valence electrons. The van der Waals surface area contributed by atoms with Gasteiger partial charge < -0.3 is 20.9 Å². The molecule has 0 aliphatic heterocycles. The maximum Gasteiger partial charge on any atom is 0.259 e. The van der Waals surface area contributed by atoms with E-state index >= 15 is 0 Å². The van der Waals surface area contributed by atoms with Crippen molar-refractivity contribution in [3.05, 3.63) is 90.0 Å². The van der Waals surface area contributed by atoms with Gasteiger partial charge in [0.1, 0.15) is 11.4 Å². The minimum Gasteiger partial charge on any atom is -0.505 e. The normalized spacial score (nSPS) is 10.9. The van der Waals surface area contributed by atoms with Crippen LogP contribution >= 0.6 is 0 Å². The molecule has 0 atom stereocenters. The van der Waals surface area contributed by atoms with Gasteiger partial charge in [-0.1, -0.05) is 24.3 Å². The fourth-order valence-electron chi connectivity index (χ4n) is 3.26. The molecule has 8 heteroatoms. The van der Waals surface area contributed by atoms with Gasteiger partial charge in [0.25, 0.3) is 5.91 Å². The van der Waals surface area contributed by atoms with Crippen LogP contribution in [0.15, 0.2) is 89.1 Å². The van der Waals surface area contributed by atoms with Gasteiger partial charge in [-0.15, -0.1) is 5.11 Å². The number of fused-ring (bicyclic) bond motifs is 1. The number of benzene rings is 4. The van der Waals surface area contributed by atoms with Crippen molar-refractivity contribution in [1.29, 1.82) is 0 Å². The van der Waals surface area contributed by atoms with Gasteiger partial charge in [-0.05, 0) is 60.0 Å². The number of primary amides is 1. The summed E-state index contributed by atoms with van der Waals surface area (Å²) in [7, 11) is 1.56. The minimum atomic E-state index is -0.544. The Balaban J connectivity index is 1.70. The van der Waals surface area contributed by atoms with E-state index in [0.717, 1.165) is 0 Å².